The summed E-state index contributed by atoms with van der Waals surface area (Å²) in [6, 6.07) is 0.270. The highest BCUT2D eigenvalue weighted by atomic mass is 16.5. The number of hydrogen-bond donors (Lipinski definition) is 2. The topological polar surface area (TPSA) is 64.3 Å². The van der Waals surface area contributed by atoms with Gasteiger partial charge in [0.15, 0.2) is 0 Å². The van der Waals surface area contributed by atoms with Gasteiger partial charge in [-0.1, -0.05) is 12.8 Å². The van der Waals surface area contributed by atoms with E-state index in [1.165, 1.54) is 6.42 Å². The molecule has 1 aliphatic rings. The van der Waals surface area contributed by atoms with E-state index in [0.29, 0.717) is 0 Å². The van der Waals surface area contributed by atoms with Crippen molar-refractivity contribution in [1.82, 2.24) is 5.32 Å². The number of amides is 1. The van der Waals surface area contributed by atoms with Crippen LogP contribution in [0.3, 0.4) is 0 Å². The molecule has 1 fully saturated rings. The summed E-state index contributed by atoms with van der Waals surface area (Å²) in [7, 11) is 0. The van der Waals surface area contributed by atoms with Gasteiger partial charge in [0.2, 0.25) is 5.91 Å². The van der Waals surface area contributed by atoms with Gasteiger partial charge in [0.25, 0.3) is 0 Å². The molecule has 0 aromatic heterocycles. The minimum absolute atomic E-state index is 0.0530. The Kier molecular flexibility index (Phi) is 5.05. The number of carbonyl (C=O) groups is 1. The third-order valence-corrected chi connectivity index (χ3v) is 2.63. The number of rotatable bonds is 4. The monoisotopic (exact) mass is 214 g/mol. The zero-order chi connectivity index (χ0) is 11.3. The van der Waals surface area contributed by atoms with Crippen LogP contribution < -0.4 is 11.1 Å². The first-order chi connectivity index (χ1) is 7.09. The average Bonchev–Trinajstić information content (AvgIpc) is 2.15. The number of carbonyl (C=O) groups excluding carboxylic acids is 1. The van der Waals surface area contributed by atoms with Gasteiger partial charge in [0, 0.05) is 12.1 Å². The van der Waals surface area contributed by atoms with Crippen LogP contribution in [0.2, 0.25) is 0 Å². The fraction of sp³-hybridized carbons (Fsp3) is 0.909. The van der Waals surface area contributed by atoms with Crippen LogP contribution >= 0.6 is 0 Å². The van der Waals surface area contributed by atoms with E-state index < -0.39 is 0 Å². The van der Waals surface area contributed by atoms with Crippen molar-refractivity contribution in [3.63, 3.8) is 0 Å². The van der Waals surface area contributed by atoms with Gasteiger partial charge in [-0.2, -0.15) is 0 Å². The number of hydrogen-bond acceptors (Lipinski definition) is 3. The van der Waals surface area contributed by atoms with Crippen LogP contribution in [0.4, 0.5) is 0 Å². The van der Waals surface area contributed by atoms with E-state index in [9.17, 15) is 4.79 Å². The van der Waals surface area contributed by atoms with E-state index in [4.69, 9.17) is 10.5 Å². The lowest BCUT2D eigenvalue weighted by Crippen LogP contribution is -2.42. The molecule has 0 bridgehead atoms. The Hall–Kier alpha value is -0.610. The van der Waals surface area contributed by atoms with Crippen LogP contribution in [0.25, 0.3) is 0 Å². The normalized spacial score (nSPS) is 26.7. The molecule has 0 radical (unpaired) electrons. The summed E-state index contributed by atoms with van der Waals surface area (Å²) < 4.78 is 5.52. The van der Waals surface area contributed by atoms with Crippen molar-refractivity contribution >= 4 is 5.91 Å². The van der Waals surface area contributed by atoms with Gasteiger partial charge < -0.3 is 15.8 Å². The third kappa shape index (κ3) is 4.62. The van der Waals surface area contributed by atoms with Crippen molar-refractivity contribution in [2.24, 2.45) is 5.73 Å². The van der Waals surface area contributed by atoms with Crippen LogP contribution in [0.5, 0.6) is 0 Å². The summed E-state index contributed by atoms with van der Waals surface area (Å²) >= 11 is 0. The molecule has 3 N–H and O–H groups in total. The minimum atomic E-state index is -0.0530. The first kappa shape index (κ1) is 12.5. The Labute approximate surface area is 91.5 Å². The van der Waals surface area contributed by atoms with Crippen LogP contribution in [-0.2, 0) is 9.53 Å². The van der Waals surface area contributed by atoms with E-state index in [1.54, 1.807) is 0 Å². The Balaban J connectivity index is 2.20. The zero-order valence-corrected chi connectivity index (χ0v) is 9.66. The molecular weight excluding hydrogens is 192 g/mol. The Morgan fingerprint density at radius 1 is 1.47 bits per heavy atom. The molecule has 2 atom stereocenters. The van der Waals surface area contributed by atoms with Gasteiger partial charge >= 0.3 is 0 Å². The van der Waals surface area contributed by atoms with Crippen molar-refractivity contribution in [3.05, 3.63) is 0 Å². The highest BCUT2D eigenvalue weighted by molar-refractivity contribution is 5.77. The molecule has 15 heavy (non-hydrogen) atoms. The summed E-state index contributed by atoms with van der Waals surface area (Å²) in [5, 5.41) is 2.79. The van der Waals surface area contributed by atoms with Crippen molar-refractivity contribution in [2.75, 3.05) is 6.61 Å². The second-order valence-electron chi connectivity index (χ2n) is 4.52. The smallest absolute Gasteiger partial charge is 0.246 e. The summed E-state index contributed by atoms with van der Waals surface area (Å²) in [5.41, 5.74) is 5.91. The fourth-order valence-corrected chi connectivity index (χ4v) is 1.88. The van der Waals surface area contributed by atoms with Crippen molar-refractivity contribution in [2.45, 2.75) is 57.7 Å². The molecule has 0 spiro atoms. The fourth-order valence-electron chi connectivity index (χ4n) is 1.88. The molecule has 0 aromatic carbocycles. The Morgan fingerprint density at radius 3 is 2.73 bits per heavy atom. The van der Waals surface area contributed by atoms with Crippen molar-refractivity contribution in [1.29, 1.82) is 0 Å². The molecule has 0 saturated heterocycles. The summed E-state index contributed by atoms with van der Waals surface area (Å²) in [5.74, 6) is -0.0530. The van der Waals surface area contributed by atoms with Crippen LogP contribution in [0, 0.1) is 0 Å². The summed E-state index contributed by atoms with van der Waals surface area (Å²) in [4.78, 5) is 11.3. The lowest BCUT2D eigenvalue weighted by Gasteiger charge is -2.28. The maximum absolute atomic E-state index is 11.3. The molecule has 1 amide bonds. The molecule has 0 aliphatic heterocycles. The predicted molar refractivity (Wildman–Crippen MR) is 59.5 cm³/mol. The van der Waals surface area contributed by atoms with Crippen LogP contribution in [0.15, 0.2) is 0 Å². The SMILES string of the molecule is CC(C)NC(=O)COC1CCCCC1N. The van der Waals surface area contributed by atoms with Crippen LogP contribution in [0.1, 0.15) is 39.5 Å². The molecule has 4 nitrogen and oxygen atoms in total. The quantitative estimate of drug-likeness (QED) is 0.727. The first-order valence-corrected chi connectivity index (χ1v) is 5.76. The molecule has 88 valence electrons. The van der Waals surface area contributed by atoms with Gasteiger partial charge in [0.1, 0.15) is 6.61 Å². The van der Waals surface area contributed by atoms with Crippen LogP contribution in [-0.4, -0.2) is 30.7 Å². The van der Waals surface area contributed by atoms with E-state index >= 15 is 0 Å². The molecule has 4 heteroatoms. The zero-order valence-electron chi connectivity index (χ0n) is 9.66. The molecule has 1 saturated carbocycles. The molecular formula is C11H22N2O2. The van der Waals surface area contributed by atoms with E-state index in [1.807, 2.05) is 13.8 Å². The number of nitrogens with two attached hydrogens (primary N) is 1. The number of ether oxygens (including phenoxy) is 1. The Morgan fingerprint density at radius 2 is 2.13 bits per heavy atom. The van der Waals surface area contributed by atoms with E-state index in [2.05, 4.69) is 5.32 Å². The van der Waals surface area contributed by atoms with Gasteiger partial charge in [-0.3, -0.25) is 4.79 Å². The molecule has 1 rings (SSSR count). The van der Waals surface area contributed by atoms with Crippen molar-refractivity contribution < 1.29 is 9.53 Å². The third-order valence-electron chi connectivity index (χ3n) is 2.63. The van der Waals surface area contributed by atoms with Gasteiger partial charge in [0.05, 0.1) is 6.10 Å². The number of nitrogens with one attached hydrogen (secondary N) is 1. The second-order valence-corrected chi connectivity index (χ2v) is 4.52. The first-order valence-electron chi connectivity index (χ1n) is 5.76. The maximum Gasteiger partial charge on any atom is 0.246 e. The highest BCUT2D eigenvalue weighted by Gasteiger charge is 2.22. The molecule has 0 aromatic rings. The largest absolute Gasteiger partial charge is 0.367 e. The molecule has 2 unspecified atom stereocenters. The average molecular weight is 214 g/mol. The highest BCUT2D eigenvalue weighted by Crippen LogP contribution is 2.19. The van der Waals surface area contributed by atoms with Crippen molar-refractivity contribution in [3.8, 4) is 0 Å². The lowest BCUT2D eigenvalue weighted by molar-refractivity contribution is -0.129. The Bertz CT molecular complexity index is 207. The standard InChI is InChI=1S/C11H22N2O2/c1-8(2)13-11(14)7-15-10-6-4-3-5-9(10)12/h8-10H,3-7,12H2,1-2H3,(H,13,14). The van der Waals surface area contributed by atoms with E-state index in [-0.39, 0.29) is 30.7 Å². The summed E-state index contributed by atoms with van der Waals surface area (Å²) in [6.07, 6.45) is 4.40. The predicted octanol–water partition coefficient (Wildman–Crippen LogP) is 0.797. The maximum atomic E-state index is 11.3. The molecule has 0 heterocycles. The van der Waals surface area contributed by atoms with Gasteiger partial charge in [-0.05, 0) is 26.7 Å². The lowest BCUT2D eigenvalue weighted by atomic mass is 9.93. The van der Waals surface area contributed by atoms with Gasteiger partial charge in [-0.15, -0.1) is 0 Å². The summed E-state index contributed by atoms with van der Waals surface area (Å²) in [6.45, 7) is 4.00. The minimum Gasteiger partial charge on any atom is -0.367 e. The second kappa shape index (κ2) is 6.08. The van der Waals surface area contributed by atoms with Gasteiger partial charge in [-0.25, -0.2) is 0 Å². The molecule has 1 aliphatic carbocycles. The van der Waals surface area contributed by atoms with E-state index in [0.717, 1.165) is 19.3 Å².